The number of rotatable bonds is 9. The molecule has 0 aromatic heterocycles. The van der Waals surface area contributed by atoms with Gasteiger partial charge >= 0.3 is 0 Å². The van der Waals surface area contributed by atoms with Crippen LogP contribution in [0.25, 0.3) is 0 Å². The molecule has 0 spiro atoms. The average Bonchev–Trinajstić information content (AvgIpc) is 2.40. The van der Waals surface area contributed by atoms with E-state index in [2.05, 4.69) is 19.2 Å². The summed E-state index contributed by atoms with van der Waals surface area (Å²) in [6, 6.07) is 8.07. The fraction of sp³-hybridized carbons (Fsp3) is 0.625. The third kappa shape index (κ3) is 5.67. The van der Waals surface area contributed by atoms with Gasteiger partial charge in [-0.1, -0.05) is 32.0 Å². The maximum atomic E-state index is 12.5. The highest BCUT2D eigenvalue weighted by atomic mass is 32.2. The van der Waals surface area contributed by atoms with E-state index in [-0.39, 0.29) is 5.75 Å². The van der Waals surface area contributed by atoms with Crippen LogP contribution in [0.3, 0.4) is 0 Å². The first kappa shape index (κ1) is 18.0. The molecule has 1 rings (SSSR count). The first-order valence-electron chi connectivity index (χ1n) is 7.68. The highest BCUT2D eigenvalue weighted by Gasteiger charge is 2.21. The highest BCUT2D eigenvalue weighted by molar-refractivity contribution is 7.92. The molecule has 0 saturated carbocycles. The van der Waals surface area contributed by atoms with E-state index in [1.807, 2.05) is 38.1 Å². The van der Waals surface area contributed by atoms with E-state index >= 15 is 0 Å². The number of hydrogen-bond acceptors (Lipinski definition) is 3. The number of anilines is 1. The fourth-order valence-corrected chi connectivity index (χ4v) is 3.96. The van der Waals surface area contributed by atoms with Crippen LogP contribution in [0, 0.1) is 6.92 Å². The van der Waals surface area contributed by atoms with Crippen LogP contribution < -0.4 is 9.62 Å². The maximum absolute atomic E-state index is 12.5. The van der Waals surface area contributed by atoms with Gasteiger partial charge in [-0.15, -0.1) is 0 Å². The standard InChI is InChI=1S/C16H28N2O2S/c1-5-18(16-11-7-6-10-15(16)4)21(19,20)13-9-8-12-17-14(2)3/h6-7,10-11,14,17H,5,8-9,12-13H2,1-4H3. The highest BCUT2D eigenvalue weighted by Crippen LogP contribution is 2.22. The fourth-order valence-electron chi connectivity index (χ4n) is 2.27. The molecule has 0 aliphatic carbocycles. The summed E-state index contributed by atoms with van der Waals surface area (Å²) in [4.78, 5) is 0. The molecule has 0 fully saturated rings. The SMILES string of the molecule is CCN(c1ccccc1C)S(=O)(=O)CCCCNC(C)C. The number of benzene rings is 1. The minimum atomic E-state index is -3.24. The van der Waals surface area contributed by atoms with E-state index in [0.717, 1.165) is 24.2 Å². The normalized spacial score (nSPS) is 11.9. The van der Waals surface area contributed by atoms with E-state index in [4.69, 9.17) is 0 Å². The summed E-state index contributed by atoms with van der Waals surface area (Å²) in [5.41, 5.74) is 1.78. The van der Waals surface area contributed by atoms with E-state index in [0.29, 0.717) is 19.0 Å². The van der Waals surface area contributed by atoms with Crippen LogP contribution in [-0.4, -0.2) is 33.3 Å². The minimum absolute atomic E-state index is 0.203. The van der Waals surface area contributed by atoms with E-state index in [9.17, 15) is 8.42 Å². The summed E-state index contributed by atoms with van der Waals surface area (Å²) < 4.78 is 26.6. The molecule has 0 unspecified atom stereocenters. The van der Waals surface area contributed by atoms with Crippen molar-refractivity contribution in [2.24, 2.45) is 0 Å². The lowest BCUT2D eigenvalue weighted by molar-refractivity contribution is 0.558. The topological polar surface area (TPSA) is 49.4 Å². The van der Waals surface area contributed by atoms with Crippen molar-refractivity contribution >= 4 is 15.7 Å². The van der Waals surface area contributed by atoms with Crippen molar-refractivity contribution in [2.75, 3.05) is 23.1 Å². The van der Waals surface area contributed by atoms with Crippen molar-refractivity contribution in [1.82, 2.24) is 5.32 Å². The summed E-state index contributed by atoms with van der Waals surface area (Å²) in [7, 11) is -3.24. The van der Waals surface area contributed by atoms with Crippen LogP contribution in [0.15, 0.2) is 24.3 Å². The number of aryl methyl sites for hydroxylation is 1. The predicted molar refractivity (Wildman–Crippen MR) is 90.4 cm³/mol. The molecule has 1 N–H and O–H groups in total. The number of nitrogens with one attached hydrogen (secondary N) is 1. The Morgan fingerprint density at radius 3 is 2.43 bits per heavy atom. The van der Waals surface area contributed by atoms with Crippen molar-refractivity contribution in [1.29, 1.82) is 0 Å². The molecule has 0 saturated heterocycles. The zero-order valence-electron chi connectivity index (χ0n) is 13.6. The molecule has 1 aromatic rings. The monoisotopic (exact) mass is 312 g/mol. The minimum Gasteiger partial charge on any atom is -0.315 e. The Balaban J connectivity index is 2.65. The number of nitrogens with zero attached hydrogens (tertiary/aromatic N) is 1. The van der Waals surface area contributed by atoms with Crippen LogP contribution in [0.5, 0.6) is 0 Å². The quantitative estimate of drug-likeness (QED) is 0.713. The van der Waals surface area contributed by atoms with Gasteiger partial charge in [0.05, 0.1) is 11.4 Å². The van der Waals surface area contributed by atoms with Crippen molar-refractivity contribution in [2.45, 2.75) is 46.6 Å². The smallest absolute Gasteiger partial charge is 0.235 e. The third-order valence-electron chi connectivity index (χ3n) is 3.39. The van der Waals surface area contributed by atoms with Crippen molar-refractivity contribution < 1.29 is 8.42 Å². The lowest BCUT2D eigenvalue weighted by Gasteiger charge is -2.24. The molecule has 0 amide bonds. The second kappa shape index (κ2) is 8.39. The van der Waals surface area contributed by atoms with E-state index < -0.39 is 10.0 Å². The second-order valence-electron chi connectivity index (χ2n) is 5.58. The molecule has 0 aliphatic heterocycles. The van der Waals surface area contributed by atoms with Crippen LogP contribution >= 0.6 is 0 Å². The zero-order valence-corrected chi connectivity index (χ0v) is 14.4. The van der Waals surface area contributed by atoms with E-state index in [1.165, 1.54) is 4.31 Å². The zero-order chi connectivity index (χ0) is 15.9. The molecular formula is C16H28N2O2S. The number of hydrogen-bond donors (Lipinski definition) is 1. The molecule has 0 radical (unpaired) electrons. The molecule has 0 atom stereocenters. The van der Waals surface area contributed by atoms with Gasteiger partial charge in [-0.25, -0.2) is 8.42 Å². The first-order chi connectivity index (χ1) is 9.88. The Labute approximate surface area is 129 Å². The Bertz CT molecular complexity index is 527. The van der Waals surface area contributed by atoms with Gasteiger partial charge in [0.25, 0.3) is 0 Å². The molecule has 120 valence electrons. The van der Waals surface area contributed by atoms with Gasteiger partial charge in [0.2, 0.25) is 10.0 Å². The summed E-state index contributed by atoms with van der Waals surface area (Å²) in [6.45, 7) is 9.34. The van der Waals surface area contributed by atoms with Gasteiger partial charge < -0.3 is 5.32 Å². The van der Waals surface area contributed by atoms with Gasteiger partial charge in [0.15, 0.2) is 0 Å². The lowest BCUT2D eigenvalue weighted by Crippen LogP contribution is -2.33. The average molecular weight is 312 g/mol. The summed E-state index contributed by atoms with van der Waals surface area (Å²) in [5, 5.41) is 3.31. The summed E-state index contributed by atoms with van der Waals surface area (Å²) in [6.07, 6.45) is 1.56. The number of para-hydroxylation sites is 1. The first-order valence-corrected chi connectivity index (χ1v) is 9.28. The predicted octanol–water partition coefficient (Wildman–Crippen LogP) is 2.93. The van der Waals surface area contributed by atoms with Crippen LogP contribution in [0.4, 0.5) is 5.69 Å². The number of unbranched alkanes of at least 4 members (excludes halogenated alkanes) is 1. The maximum Gasteiger partial charge on any atom is 0.235 e. The van der Waals surface area contributed by atoms with Crippen LogP contribution in [-0.2, 0) is 10.0 Å². The molecule has 5 heteroatoms. The van der Waals surface area contributed by atoms with Crippen LogP contribution in [0.1, 0.15) is 39.2 Å². The van der Waals surface area contributed by atoms with Gasteiger partial charge in [0, 0.05) is 12.6 Å². The Hall–Kier alpha value is -1.07. The summed E-state index contributed by atoms with van der Waals surface area (Å²) >= 11 is 0. The largest absolute Gasteiger partial charge is 0.315 e. The molecule has 21 heavy (non-hydrogen) atoms. The molecular weight excluding hydrogens is 284 g/mol. The molecule has 0 heterocycles. The van der Waals surface area contributed by atoms with Gasteiger partial charge in [-0.05, 0) is 44.9 Å². The van der Waals surface area contributed by atoms with Gasteiger partial charge in [0.1, 0.15) is 0 Å². The van der Waals surface area contributed by atoms with Crippen molar-refractivity contribution in [3.05, 3.63) is 29.8 Å². The molecule has 4 nitrogen and oxygen atoms in total. The Kier molecular flexibility index (Phi) is 7.18. The Morgan fingerprint density at radius 1 is 1.19 bits per heavy atom. The van der Waals surface area contributed by atoms with Gasteiger partial charge in [-0.2, -0.15) is 0 Å². The van der Waals surface area contributed by atoms with Crippen molar-refractivity contribution in [3.63, 3.8) is 0 Å². The summed E-state index contributed by atoms with van der Waals surface area (Å²) in [5.74, 6) is 0.203. The third-order valence-corrected chi connectivity index (χ3v) is 5.32. The molecule has 0 bridgehead atoms. The molecule has 1 aromatic carbocycles. The van der Waals surface area contributed by atoms with Gasteiger partial charge in [-0.3, -0.25) is 4.31 Å². The van der Waals surface area contributed by atoms with Crippen LogP contribution in [0.2, 0.25) is 0 Å². The number of sulfonamides is 1. The van der Waals surface area contributed by atoms with Crippen molar-refractivity contribution in [3.8, 4) is 0 Å². The molecule has 0 aliphatic rings. The second-order valence-corrected chi connectivity index (χ2v) is 7.60. The Morgan fingerprint density at radius 2 is 1.86 bits per heavy atom. The van der Waals surface area contributed by atoms with E-state index in [1.54, 1.807) is 0 Å². The lowest BCUT2D eigenvalue weighted by atomic mass is 10.2.